The van der Waals surface area contributed by atoms with Crippen LogP contribution in [0.15, 0.2) is 53.5 Å². The summed E-state index contributed by atoms with van der Waals surface area (Å²) in [5.41, 5.74) is 1.17. The van der Waals surface area contributed by atoms with Gasteiger partial charge in [0.15, 0.2) is 5.96 Å². The molecule has 2 aromatic carbocycles. The lowest BCUT2D eigenvalue weighted by molar-refractivity contribution is 0.223. The van der Waals surface area contributed by atoms with Crippen molar-refractivity contribution in [2.24, 2.45) is 4.99 Å². The lowest BCUT2D eigenvalue weighted by atomic mass is 10.1. The van der Waals surface area contributed by atoms with Crippen molar-refractivity contribution in [1.29, 1.82) is 0 Å². The highest BCUT2D eigenvalue weighted by atomic mass is 16.5. The van der Waals surface area contributed by atoms with Crippen LogP contribution in [0.5, 0.6) is 17.2 Å². The zero-order chi connectivity index (χ0) is 19.5. The second-order valence-corrected chi connectivity index (χ2v) is 6.05. The van der Waals surface area contributed by atoms with Crippen molar-refractivity contribution in [2.45, 2.75) is 19.4 Å². The quantitative estimate of drug-likeness (QED) is 0.524. The molecular formula is C21H29N3O3. The minimum atomic E-state index is -0.00818. The molecule has 0 amide bonds. The SMILES string of the molecule is CN=C(NCCc1ccccc1OC)NCC(C)Oc1ccc(OC)cc1. The van der Waals surface area contributed by atoms with Crippen molar-refractivity contribution in [3.05, 3.63) is 54.1 Å². The van der Waals surface area contributed by atoms with Crippen LogP contribution in [0.25, 0.3) is 0 Å². The van der Waals surface area contributed by atoms with E-state index in [4.69, 9.17) is 14.2 Å². The summed E-state index contributed by atoms with van der Waals surface area (Å²) in [5, 5.41) is 6.60. The van der Waals surface area contributed by atoms with Crippen LogP contribution >= 0.6 is 0 Å². The van der Waals surface area contributed by atoms with Crippen molar-refractivity contribution in [3.8, 4) is 17.2 Å². The fourth-order valence-corrected chi connectivity index (χ4v) is 2.61. The Bertz CT molecular complexity index is 717. The number of ether oxygens (including phenoxy) is 3. The number of benzene rings is 2. The molecule has 6 heteroatoms. The molecule has 2 rings (SSSR count). The van der Waals surface area contributed by atoms with Crippen LogP contribution in [0.4, 0.5) is 0 Å². The van der Waals surface area contributed by atoms with Gasteiger partial charge in [0.05, 0.1) is 20.8 Å². The molecule has 0 aliphatic rings. The van der Waals surface area contributed by atoms with Crippen molar-refractivity contribution in [3.63, 3.8) is 0 Å². The van der Waals surface area contributed by atoms with Gasteiger partial charge in [-0.05, 0) is 49.2 Å². The predicted molar refractivity (Wildman–Crippen MR) is 109 cm³/mol. The molecule has 27 heavy (non-hydrogen) atoms. The second kappa shape index (κ2) is 11.0. The Morgan fingerprint density at radius 3 is 2.33 bits per heavy atom. The highest BCUT2D eigenvalue weighted by molar-refractivity contribution is 5.79. The standard InChI is InChI=1S/C21H29N3O3/c1-16(27-19-11-9-18(25-3)10-12-19)15-24-21(22-2)23-14-13-17-7-5-6-8-20(17)26-4/h5-12,16H,13-15H2,1-4H3,(H2,22,23,24). The highest BCUT2D eigenvalue weighted by Gasteiger charge is 2.07. The molecule has 0 radical (unpaired) electrons. The highest BCUT2D eigenvalue weighted by Crippen LogP contribution is 2.18. The fraction of sp³-hybridized carbons (Fsp3) is 0.381. The number of nitrogens with one attached hydrogen (secondary N) is 2. The number of nitrogens with zero attached hydrogens (tertiary/aromatic N) is 1. The van der Waals surface area contributed by atoms with Crippen molar-refractivity contribution in [1.82, 2.24) is 10.6 Å². The number of hydrogen-bond donors (Lipinski definition) is 2. The molecule has 2 aromatic rings. The van der Waals surface area contributed by atoms with Gasteiger partial charge < -0.3 is 24.8 Å². The molecule has 0 spiro atoms. The zero-order valence-electron chi connectivity index (χ0n) is 16.5. The third-order valence-electron chi connectivity index (χ3n) is 4.06. The molecule has 0 bridgehead atoms. The Morgan fingerprint density at radius 1 is 0.963 bits per heavy atom. The minimum Gasteiger partial charge on any atom is -0.497 e. The first-order valence-corrected chi connectivity index (χ1v) is 9.03. The number of rotatable bonds is 9. The Balaban J connectivity index is 1.74. The van der Waals surface area contributed by atoms with Crippen LogP contribution in [0.1, 0.15) is 12.5 Å². The number of methoxy groups -OCH3 is 2. The largest absolute Gasteiger partial charge is 0.497 e. The maximum atomic E-state index is 5.90. The molecule has 6 nitrogen and oxygen atoms in total. The van der Waals surface area contributed by atoms with Crippen molar-refractivity contribution >= 4 is 5.96 Å². The first kappa shape index (κ1) is 20.4. The van der Waals surface area contributed by atoms with E-state index < -0.39 is 0 Å². The van der Waals surface area contributed by atoms with Gasteiger partial charge in [-0.1, -0.05) is 18.2 Å². The first-order chi connectivity index (χ1) is 13.2. The van der Waals surface area contributed by atoms with Gasteiger partial charge in [0.1, 0.15) is 23.4 Å². The molecule has 0 saturated heterocycles. The van der Waals surface area contributed by atoms with Crippen LogP contribution < -0.4 is 24.8 Å². The maximum absolute atomic E-state index is 5.90. The topological polar surface area (TPSA) is 64.1 Å². The van der Waals surface area contributed by atoms with E-state index in [2.05, 4.69) is 21.7 Å². The van der Waals surface area contributed by atoms with Gasteiger partial charge in [-0.2, -0.15) is 0 Å². The zero-order valence-corrected chi connectivity index (χ0v) is 16.5. The summed E-state index contributed by atoms with van der Waals surface area (Å²) in [5.74, 6) is 3.27. The summed E-state index contributed by atoms with van der Waals surface area (Å²) in [6.45, 7) is 3.41. The third-order valence-corrected chi connectivity index (χ3v) is 4.06. The van der Waals surface area contributed by atoms with Crippen LogP contribution in [-0.4, -0.2) is 46.4 Å². The molecule has 1 atom stereocenters. The van der Waals surface area contributed by atoms with E-state index in [1.165, 1.54) is 5.56 Å². The summed E-state index contributed by atoms with van der Waals surface area (Å²) >= 11 is 0. The van der Waals surface area contributed by atoms with Crippen LogP contribution in [-0.2, 0) is 6.42 Å². The second-order valence-electron chi connectivity index (χ2n) is 6.05. The monoisotopic (exact) mass is 371 g/mol. The van der Waals surface area contributed by atoms with Crippen LogP contribution in [0.3, 0.4) is 0 Å². The average Bonchev–Trinajstić information content (AvgIpc) is 2.71. The Hall–Kier alpha value is -2.89. The molecule has 0 saturated carbocycles. The predicted octanol–water partition coefficient (Wildman–Crippen LogP) is 2.88. The Labute approximate surface area is 161 Å². The Kier molecular flexibility index (Phi) is 8.29. The molecule has 0 fully saturated rings. The van der Waals surface area contributed by atoms with Gasteiger partial charge in [-0.15, -0.1) is 0 Å². The van der Waals surface area contributed by atoms with Crippen LogP contribution in [0, 0.1) is 0 Å². The van der Waals surface area contributed by atoms with Gasteiger partial charge in [-0.25, -0.2) is 0 Å². The third kappa shape index (κ3) is 6.73. The van der Waals surface area contributed by atoms with E-state index in [0.717, 1.165) is 36.2 Å². The lowest BCUT2D eigenvalue weighted by Crippen LogP contribution is -2.42. The van der Waals surface area contributed by atoms with Gasteiger partial charge in [-0.3, -0.25) is 4.99 Å². The van der Waals surface area contributed by atoms with Crippen molar-refractivity contribution < 1.29 is 14.2 Å². The molecule has 0 aromatic heterocycles. The summed E-state index contributed by atoms with van der Waals surface area (Å²) < 4.78 is 16.4. The number of hydrogen-bond acceptors (Lipinski definition) is 4. The molecule has 0 aliphatic heterocycles. The number of guanidine groups is 1. The lowest BCUT2D eigenvalue weighted by Gasteiger charge is -2.18. The van der Waals surface area contributed by atoms with E-state index >= 15 is 0 Å². The van der Waals surface area contributed by atoms with Crippen LogP contribution in [0.2, 0.25) is 0 Å². The van der Waals surface area contributed by atoms with Gasteiger partial charge >= 0.3 is 0 Å². The summed E-state index contributed by atoms with van der Waals surface area (Å²) in [6.07, 6.45) is 0.842. The average molecular weight is 371 g/mol. The van der Waals surface area contributed by atoms with E-state index in [9.17, 15) is 0 Å². The normalized spacial score (nSPS) is 12.2. The van der Waals surface area contributed by atoms with Gasteiger partial charge in [0.2, 0.25) is 0 Å². The number of aliphatic imine (C=N–C) groups is 1. The molecule has 0 aliphatic carbocycles. The van der Waals surface area contributed by atoms with E-state index in [1.807, 2.05) is 49.4 Å². The minimum absolute atomic E-state index is 0.00818. The Morgan fingerprint density at radius 2 is 1.67 bits per heavy atom. The summed E-state index contributed by atoms with van der Waals surface area (Å²) in [4.78, 5) is 4.25. The van der Waals surface area contributed by atoms with Gasteiger partial charge in [0, 0.05) is 13.6 Å². The van der Waals surface area contributed by atoms with E-state index in [0.29, 0.717) is 6.54 Å². The van der Waals surface area contributed by atoms with E-state index in [-0.39, 0.29) is 6.10 Å². The maximum Gasteiger partial charge on any atom is 0.191 e. The summed E-state index contributed by atoms with van der Waals surface area (Å²) in [6, 6.07) is 15.6. The van der Waals surface area contributed by atoms with Crippen molar-refractivity contribution in [2.75, 3.05) is 34.4 Å². The number of para-hydroxylation sites is 1. The fourth-order valence-electron chi connectivity index (χ4n) is 2.61. The molecular weight excluding hydrogens is 342 g/mol. The summed E-state index contributed by atoms with van der Waals surface area (Å²) in [7, 11) is 5.10. The smallest absolute Gasteiger partial charge is 0.191 e. The molecule has 2 N–H and O–H groups in total. The van der Waals surface area contributed by atoms with Gasteiger partial charge in [0.25, 0.3) is 0 Å². The van der Waals surface area contributed by atoms with E-state index in [1.54, 1.807) is 21.3 Å². The molecule has 1 unspecified atom stereocenters. The first-order valence-electron chi connectivity index (χ1n) is 9.03. The molecule has 0 heterocycles. The molecule has 146 valence electrons.